The van der Waals surface area contributed by atoms with Crippen LogP contribution in [0.5, 0.6) is 11.5 Å². The van der Waals surface area contributed by atoms with Crippen LogP contribution in [0.2, 0.25) is 0 Å². The molecule has 0 aromatic heterocycles. The molecule has 1 aliphatic rings. The maximum Gasteiger partial charge on any atom is 0.244 e. The zero-order valence-electron chi connectivity index (χ0n) is 16.1. The third-order valence-electron chi connectivity index (χ3n) is 5.13. The molecule has 0 heterocycles. The van der Waals surface area contributed by atoms with E-state index in [0.717, 1.165) is 24.3 Å². The Morgan fingerprint density at radius 3 is 2.28 bits per heavy atom. The highest BCUT2D eigenvalue weighted by Gasteiger charge is 2.29. The molecule has 4 heteroatoms. The molecular weight excluding hydrogens is 314 g/mol. The standard InChI is InChI=1S/C21H31NO3/c1-21(2,3)16-8-10-17(11-9-16)22-20(23)13-7-15-6-12-18(24-4)19(14-15)25-5/h6-7,12-14,16-17H,8-11H2,1-5H3,(H,22,23)/b13-7+. The van der Waals surface area contributed by atoms with Crippen LogP contribution in [-0.2, 0) is 4.79 Å². The molecule has 0 bridgehead atoms. The fraction of sp³-hybridized carbons (Fsp3) is 0.571. The van der Waals surface area contributed by atoms with Crippen molar-refractivity contribution in [1.29, 1.82) is 0 Å². The molecule has 0 saturated heterocycles. The lowest BCUT2D eigenvalue weighted by Gasteiger charge is -2.37. The summed E-state index contributed by atoms with van der Waals surface area (Å²) in [6.07, 6.45) is 7.91. The molecule has 138 valence electrons. The molecule has 0 unspecified atom stereocenters. The molecule has 1 amide bonds. The zero-order chi connectivity index (χ0) is 18.4. The van der Waals surface area contributed by atoms with Crippen LogP contribution in [-0.4, -0.2) is 26.2 Å². The van der Waals surface area contributed by atoms with Crippen LogP contribution in [0.1, 0.15) is 52.0 Å². The van der Waals surface area contributed by atoms with Crippen molar-refractivity contribution in [2.45, 2.75) is 52.5 Å². The van der Waals surface area contributed by atoms with Crippen LogP contribution in [0.4, 0.5) is 0 Å². The molecule has 2 rings (SSSR count). The fourth-order valence-corrected chi connectivity index (χ4v) is 3.48. The SMILES string of the molecule is COc1ccc(/C=C/C(=O)NC2CCC(C(C)(C)C)CC2)cc1OC. The van der Waals surface area contributed by atoms with Gasteiger partial charge in [0.25, 0.3) is 0 Å². The summed E-state index contributed by atoms with van der Waals surface area (Å²) in [6.45, 7) is 6.92. The van der Waals surface area contributed by atoms with Gasteiger partial charge in [0.2, 0.25) is 5.91 Å². The summed E-state index contributed by atoms with van der Waals surface area (Å²) >= 11 is 0. The average molecular weight is 345 g/mol. The second-order valence-electron chi connectivity index (χ2n) is 7.87. The molecule has 1 saturated carbocycles. The summed E-state index contributed by atoms with van der Waals surface area (Å²) in [5.74, 6) is 2.06. The number of benzene rings is 1. The second-order valence-corrected chi connectivity index (χ2v) is 7.87. The van der Waals surface area contributed by atoms with Crippen molar-refractivity contribution in [2.24, 2.45) is 11.3 Å². The summed E-state index contributed by atoms with van der Waals surface area (Å²) in [6, 6.07) is 5.89. The Bertz CT molecular complexity index is 608. The summed E-state index contributed by atoms with van der Waals surface area (Å²) < 4.78 is 10.5. The summed E-state index contributed by atoms with van der Waals surface area (Å²) in [5.41, 5.74) is 1.27. The molecule has 1 aliphatic carbocycles. The molecule has 1 aromatic rings. The summed E-state index contributed by atoms with van der Waals surface area (Å²) in [7, 11) is 3.21. The topological polar surface area (TPSA) is 47.6 Å². The quantitative estimate of drug-likeness (QED) is 0.803. The van der Waals surface area contributed by atoms with Gasteiger partial charge in [-0.2, -0.15) is 0 Å². The van der Waals surface area contributed by atoms with E-state index < -0.39 is 0 Å². The Kier molecular flexibility index (Phi) is 6.51. The predicted octanol–water partition coefficient (Wildman–Crippen LogP) is 4.44. The molecule has 4 nitrogen and oxygen atoms in total. The van der Waals surface area contributed by atoms with Crippen LogP contribution in [0.3, 0.4) is 0 Å². The molecule has 0 aliphatic heterocycles. The lowest BCUT2D eigenvalue weighted by atomic mass is 9.71. The third kappa shape index (κ3) is 5.52. The van der Waals surface area contributed by atoms with E-state index >= 15 is 0 Å². The van der Waals surface area contributed by atoms with Gasteiger partial charge in [-0.15, -0.1) is 0 Å². The first-order valence-corrected chi connectivity index (χ1v) is 9.04. The van der Waals surface area contributed by atoms with Gasteiger partial charge < -0.3 is 14.8 Å². The van der Waals surface area contributed by atoms with Crippen LogP contribution in [0.15, 0.2) is 24.3 Å². The van der Waals surface area contributed by atoms with Gasteiger partial charge in [-0.1, -0.05) is 26.8 Å². The van der Waals surface area contributed by atoms with Gasteiger partial charge in [0.05, 0.1) is 14.2 Å². The van der Waals surface area contributed by atoms with Gasteiger partial charge in [0.15, 0.2) is 11.5 Å². The number of hydrogen-bond donors (Lipinski definition) is 1. The lowest BCUT2D eigenvalue weighted by molar-refractivity contribution is -0.117. The highest BCUT2D eigenvalue weighted by molar-refractivity contribution is 5.92. The van der Waals surface area contributed by atoms with E-state index in [2.05, 4.69) is 26.1 Å². The highest BCUT2D eigenvalue weighted by Crippen LogP contribution is 2.37. The van der Waals surface area contributed by atoms with Crippen molar-refractivity contribution in [2.75, 3.05) is 14.2 Å². The third-order valence-corrected chi connectivity index (χ3v) is 5.13. The van der Waals surface area contributed by atoms with E-state index in [1.165, 1.54) is 12.8 Å². The van der Waals surface area contributed by atoms with Crippen molar-refractivity contribution >= 4 is 12.0 Å². The number of amides is 1. The number of nitrogens with one attached hydrogen (secondary N) is 1. The molecule has 1 N–H and O–H groups in total. The van der Waals surface area contributed by atoms with Crippen LogP contribution in [0.25, 0.3) is 6.08 Å². The maximum absolute atomic E-state index is 12.2. The van der Waals surface area contributed by atoms with Gasteiger partial charge in [0, 0.05) is 12.1 Å². The summed E-state index contributed by atoms with van der Waals surface area (Å²) in [5, 5.41) is 3.13. The maximum atomic E-state index is 12.2. The van der Waals surface area contributed by atoms with Crippen molar-refractivity contribution in [1.82, 2.24) is 5.32 Å². The first kappa shape index (κ1) is 19.4. The molecular formula is C21H31NO3. The Morgan fingerprint density at radius 2 is 1.72 bits per heavy atom. The number of carbonyl (C=O) groups excluding carboxylic acids is 1. The van der Waals surface area contributed by atoms with E-state index in [1.807, 2.05) is 18.2 Å². The molecule has 0 spiro atoms. The van der Waals surface area contributed by atoms with Gasteiger partial charge in [-0.3, -0.25) is 4.79 Å². The van der Waals surface area contributed by atoms with Crippen LogP contribution in [0, 0.1) is 11.3 Å². The minimum absolute atomic E-state index is 0.0333. The molecule has 0 radical (unpaired) electrons. The average Bonchev–Trinajstić information content (AvgIpc) is 2.59. The number of rotatable bonds is 5. The predicted molar refractivity (Wildman–Crippen MR) is 102 cm³/mol. The number of methoxy groups -OCH3 is 2. The van der Waals surface area contributed by atoms with Crippen molar-refractivity contribution in [3.05, 3.63) is 29.8 Å². The second kappa shape index (κ2) is 8.41. The highest BCUT2D eigenvalue weighted by atomic mass is 16.5. The van der Waals surface area contributed by atoms with Gasteiger partial charge in [-0.25, -0.2) is 0 Å². The van der Waals surface area contributed by atoms with E-state index in [9.17, 15) is 4.79 Å². The van der Waals surface area contributed by atoms with Gasteiger partial charge in [0.1, 0.15) is 0 Å². The van der Waals surface area contributed by atoms with E-state index in [1.54, 1.807) is 26.4 Å². The van der Waals surface area contributed by atoms with E-state index in [0.29, 0.717) is 23.0 Å². The molecule has 25 heavy (non-hydrogen) atoms. The van der Waals surface area contributed by atoms with E-state index in [4.69, 9.17) is 9.47 Å². The Labute approximate surface area is 151 Å². The normalized spacial score (nSPS) is 21.2. The number of ether oxygens (including phenoxy) is 2. The Morgan fingerprint density at radius 1 is 1.08 bits per heavy atom. The van der Waals surface area contributed by atoms with Crippen LogP contribution < -0.4 is 14.8 Å². The monoisotopic (exact) mass is 345 g/mol. The fourth-order valence-electron chi connectivity index (χ4n) is 3.48. The molecule has 1 aromatic carbocycles. The smallest absolute Gasteiger partial charge is 0.244 e. The van der Waals surface area contributed by atoms with Crippen molar-refractivity contribution < 1.29 is 14.3 Å². The largest absolute Gasteiger partial charge is 0.493 e. The van der Waals surface area contributed by atoms with Crippen molar-refractivity contribution in [3.8, 4) is 11.5 Å². The number of hydrogen-bond acceptors (Lipinski definition) is 3. The zero-order valence-corrected chi connectivity index (χ0v) is 16.1. The minimum Gasteiger partial charge on any atom is -0.493 e. The summed E-state index contributed by atoms with van der Waals surface area (Å²) in [4.78, 5) is 12.2. The molecule has 0 atom stereocenters. The van der Waals surface area contributed by atoms with Crippen molar-refractivity contribution in [3.63, 3.8) is 0 Å². The van der Waals surface area contributed by atoms with Crippen LogP contribution >= 0.6 is 0 Å². The number of carbonyl (C=O) groups is 1. The first-order chi connectivity index (χ1) is 11.8. The van der Waals surface area contributed by atoms with E-state index in [-0.39, 0.29) is 5.91 Å². The van der Waals surface area contributed by atoms with Gasteiger partial charge >= 0.3 is 0 Å². The Balaban J connectivity index is 1.87. The Hall–Kier alpha value is -1.97. The molecule has 1 fully saturated rings. The van der Waals surface area contributed by atoms with Gasteiger partial charge in [-0.05, 0) is 60.8 Å². The first-order valence-electron chi connectivity index (χ1n) is 9.04. The lowest BCUT2D eigenvalue weighted by Crippen LogP contribution is -2.38. The minimum atomic E-state index is -0.0333.